The Hall–Kier alpha value is -3.10. The summed E-state index contributed by atoms with van der Waals surface area (Å²) in [4.78, 5) is 0. The molecule has 0 radical (unpaired) electrons. The van der Waals surface area contributed by atoms with Gasteiger partial charge in [0.1, 0.15) is 0 Å². The van der Waals surface area contributed by atoms with E-state index >= 15 is 0 Å². The zero-order valence-electron chi connectivity index (χ0n) is 19.2. The molecular weight excluding hydrogens is 471 g/mol. The van der Waals surface area contributed by atoms with Crippen LogP contribution in [-0.4, -0.2) is 0 Å². The van der Waals surface area contributed by atoms with E-state index < -0.39 is 0 Å². The van der Waals surface area contributed by atoms with Crippen LogP contribution in [0.3, 0.4) is 0 Å². The van der Waals surface area contributed by atoms with Gasteiger partial charge >= 0.3 is 0 Å². The number of ether oxygens (including phenoxy) is 1. The third-order valence-electron chi connectivity index (χ3n) is 6.91. The fraction of sp³-hybridized carbons (Fsp3) is 0.125. The number of hydrogen-bond donors (Lipinski definition) is 0. The molecule has 172 valence electrons. The van der Waals surface area contributed by atoms with Gasteiger partial charge < -0.3 is 4.74 Å². The first kappa shape index (κ1) is 22.4. The summed E-state index contributed by atoms with van der Waals surface area (Å²) in [7, 11) is 0. The van der Waals surface area contributed by atoms with Crippen LogP contribution in [0.1, 0.15) is 44.5 Å². The Kier molecular flexibility index (Phi) is 6.08. The molecule has 35 heavy (non-hydrogen) atoms. The maximum absolute atomic E-state index is 6.32. The van der Waals surface area contributed by atoms with Gasteiger partial charge in [0, 0.05) is 10.0 Å². The summed E-state index contributed by atoms with van der Waals surface area (Å²) in [6.07, 6.45) is 6.46. The molecule has 2 aliphatic rings. The third kappa shape index (κ3) is 4.36. The first-order valence-corrected chi connectivity index (χ1v) is 12.7. The van der Waals surface area contributed by atoms with Gasteiger partial charge in [0.25, 0.3) is 0 Å². The van der Waals surface area contributed by atoms with E-state index in [0.29, 0.717) is 13.2 Å². The van der Waals surface area contributed by atoms with Crippen molar-refractivity contribution >= 4 is 34.3 Å². The lowest BCUT2D eigenvalue weighted by molar-refractivity contribution is 0.107. The van der Waals surface area contributed by atoms with E-state index in [2.05, 4.69) is 84.9 Å². The second-order valence-corrected chi connectivity index (χ2v) is 9.93. The van der Waals surface area contributed by atoms with Crippen molar-refractivity contribution in [2.24, 2.45) is 0 Å². The van der Waals surface area contributed by atoms with Gasteiger partial charge in [-0.1, -0.05) is 96.0 Å². The average molecular weight is 495 g/mol. The largest absolute Gasteiger partial charge is 0.372 e. The molecule has 0 aromatic heterocycles. The van der Waals surface area contributed by atoms with Crippen LogP contribution in [0.25, 0.3) is 11.1 Å². The van der Waals surface area contributed by atoms with Crippen LogP contribution in [0.2, 0.25) is 10.0 Å². The zero-order valence-corrected chi connectivity index (χ0v) is 20.7. The Balaban J connectivity index is 1.23. The lowest BCUT2D eigenvalue weighted by Crippen LogP contribution is -2.01. The Morgan fingerprint density at radius 1 is 0.543 bits per heavy atom. The molecule has 6 rings (SSSR count). The molecule has 0 spiro atoms. The van der Waals surface area contributed by atoms with Crippen LogP contribution >= 0.6 is 23.2 Å². The van der Waals surface area contributed by atoms with Crippen LogP contribution in [0.15, 0.2) is 97.1 Å². The fourth-order valence-electron chi connectivity index (χ4n) is 5.20. The average Bonchev–Trinajstić information content (AvgIpc) is 3.48. The van der Waals surface area contributed by atoms with Crippen molar-refractivity contribution < 1.29 is 4.74 Å². The highest BCUT2D eigenvalue weighted by Crippen LogP contribution is 2.37. The highest BCUT2D eigenvalue weighted by Gasteiger charge is 2.20. The van der Waals surface area contributed by atoms with Gasteiger partial charge in [-0.3, -0.25) is 0 Å². The first-order valence-electron chi connectivity index (χ1n) is 11.9. The zero-order chi connectivity index (χ0) is 23.8. The number of fused-ring (bicyclic) bond motifs is 2. The topological polar surface area (TPSA) is 9.23 Å². The molecule has 0 saturated heterocycles. The minimum atomic E-state index is 0.541. The molecule has 0 heterocycles. The summed E-state index contributed by atoms with van der Waals surface area (Å²) in [6, 6.07) is 29.3. The fourth-order valence-corrected chi connectivity index (χ4v) is 5.54. The number of hydrogen-bond acceptors (Lipinski definition) is 1. The van der Waals surface area contributed by atoms with E-state index in [-0.39, 0.29) is 0 Å². The van der Waals surface area contributed by atoms with Crippen LogP contribution in [0.5, 0.6) is 0 Å². The molecule has 4 aromatic rings. The van der Waals surface area contributed by atoms with E-state index in [4.69, 9.17) is 27.9 Å². The first-order chi connectivity index (χ1) is 17.2. The third-order valence-corrected chi connectivity index (χ3v) is 7.38. The standard InChI is InChI=1S/C32H24Cl2O/c33-25-13-9-21-11-15-29(31(21)17-25)27-7-3-1-5-23(27)19-35-20-24-6-2-4-8-28(24)30-16-12-22-10-14-26(34)18-32(22)30/h1-10,13-18H,11-12,19-20H2. The van der Waals surface area contributed by atoms with Crippen molar-refractivity contribution in [1.82, 2.24) is 0 Å². The number of allylic oxidation sites excluding steroid dienone is 2. The minimum Gasteiger partial charge on any atom is -0.372 e. The van der Waals surface area contributed by atoms with Gasteiger partial charge in [0.15, 0.2) is 0 Å². The quantitative estimate of drug-likeness (QED) is 0.260. The highest BCUT2D eigenvalue weighted by molar-refractivity contribution is 6.31. The number of rotatable bonds is 6. The Bertz CT molecular complexity index is 1380. The van der Waals surface area contributed by atoms with E-state index in [1.165, 1.54) is 55.7 Å². The summed E-state index contributed by atoms with van der Waals surface area (Å²) < 4.78 is 6.32. The summed E-state index contributed by atoms with van der Waals surface area (Å²) in [6.45, 7) is 1.08. The van der Waals surface area contributed by atoms with Crippen molar-refractivity contribution in [3.05, 3.63) is 152 Å². The maximum atomic E-state index is 6.32. The molecular formula is C32H24Cl2O. The number of halogens is 2. The van der Waals surface area contributed by atoms with E-state index in [1.807, 2.05) is 12.1 Å². The van der Waals surface area contributed by atoms with Crippen LogP contribution in [0, 0.1) is 0 Å². The smallest absolute Gasteiger partial charge is 0.0727 e. The van der Waals surface area contributed by atoms with Gasteiger partial charge in [-0.25, -0.2) is 0 Å². The van der Waals surface area contributed by atoms with Gasteiger partial charge in [-0.15, -0.1) is 0 Å². The van der Waals surface area contributed by atoms with E-state index in [0.717, 1.165) is 22.9 Å². The highest BCUT2D eigenvalue weighted by atomic mass is 35.5. The molecule has 0 saturated carbocycles. The van der Waals surface area contributed by atoms with Gasteiger partial charge in [-0.2, -0.15) is 0 Å². The monoisotopic (exact) mass is 494 g/mol. The lowest BCUT2D eigenvalue weighted by atomic mass is 9.95. The second-order valence-electron chi connectivity index (χ2n) is 9.05. The van der Waals surface area contributed by atoms with Crippen LogP contribution in [0.4, 0.5) is 0 Å². The van der Waals surface area contributed by atoms with Crippen molar-refractivity contribution in [2.75, 3.05) is 0 Å². The maximum Gasteiger partial charge on any atom is 0.0727 e. The van der Waals surface area contributed by atoms with Gasteiger partial charge in [-0.05, 0) is 92.8 Å². The van der Waals surface area contributed by atoms with Crippen molar-refractivity contribution in [2.45, 2.75) is 26.1 Å². The summed E-state index contributed by atoms with van der Waals surface area (Å²) in [5, 5.41) is 1.54. The molecule has 0 atom stereocenters. The molecule has 0 N–H and O–H groups in total. The molecule has 0 bridgehead atoms. The summed E-state index contributed by atoms with van der Waals surface area (Å²) in [5.74, 6) is 0. The predicted octanol–water partition coefficient (Wildman–Crippen LogP) is 8.69. The Morgan fingerprint density at radius 3 is 1.49 bits per heavy atom. The molecule has 2 aliphatic carbocycles. The Labute approximate surface area is 216 Å². The predicted molar refractivity (Wildman–Crippen MR) is 146 cm³/mol. The second kappa shape index (κ2) is 9.51. The lowest BCUT2D eigenvalue weighted by Gasteiger charge is -2.15. The normalized spacial score (nSPS) is 13.9. The minimum absolute atomic E-state index is 0.541. The molecule has 0 unspecified atom stereocenters. The van der Waals surface area contributed by atoms with Crippen molar-refractivity contribution in [3.8, 4) is 0 Å². The Morgan fingerprint density at radius 2 is 1.00 bits per heavy atom. The molecule has 0 aliphatic heterocycles. The van der Waals surface area contributed by atoms with Crippen LogP contribution < -0.4 is 0 Å². The van der Waals surface area contributed by atoms with E-state index in [9.17, 15) is 0 Å². The van der Waals surface area contributed by atoms with Gasteiger partial charge in [0.05, 0.1) is 13.2 Å². The molecule has 0 fully saturated rings. The number of benzene rings is 4. The molecule has 3 heteroatoms. The van der Waals surface area contributed by atoms with E-state index in [1.54, 1.807) is 0 Å². The molecule has 1 nitrogen and oxygen atoms in total. The SMILES string of the molecule is Clc1ccc2c(c1)C(c1ccccc1COCc1ccccc1C1=CCc3ccc(Cl)cc31)=CC2. The summed E-state index contributed by atoms with van der Waals surface area (Å²) >= 11 is 12.6. The molecule has 4 aromatic carbocycles. The van der Waals surface area contributed by atoms with Crippen molar-refractivity contribution in [1.29, 1.82) is 0 Å². The van der Waals surface area contributed by atoms with Crippen molar-refractivity contribution in [3.63, 3.8) is 0 Å². The van der Waals surface area contributed by atoms with Gasteiger partial charge in [0.2, 0.25) is 0 Å². The summed E-state index contributed by atoms with van der Waals surface area (Å²) in [5.41, 5.74) is 12.4. The molecule has 0 amide bonds. The van der Waals surface area contributed by atoms with Crippen LogP contribution in [-0.2, 0) is 30.8 Å².